The van der Waals surface area contributed by atoms with Gasteiger partial charge in [0.05, 0.1) is 16.5 Å². The van der Waals surface area contributed by atoms with Crippen LogP contribution in [0.3, 0.4) is 0 Å². The quantitative estimate of drug-likeness (QED) is 0.564. The second kappa shape index (κ2) is 8.28. The number of rotatable bonds is 7. The number of aryl methyl sites for hydroxylation is 1. The van der Waals surface area contributed by atoms with E-state index in [2.05, 4.69) is 10.9 Å². The van der Waals surface area contributed by atoms with Gasteiger partial charge in [0.15, 0.2) is 5.58 Å². The lowest BCUT2D eigenvalue weighted by molar-refractivity contribution is -0.384. The van der Waals surface area contributed by atoms with Gasteiger partial charge in [-0.15, -0.1) is 0 Å². The summed E-state index contributed by atoms with van der Waals surface area (Å²) in [4.78, 5) is 45.2. The zero-order valence-electron chi connectivity index (χ0n) is 14.5. The highest BCUT2D eigenvalue weighted by molar-refractivity contribution is 5.82. The maximum atomic E-state index is 11.9. The molecule has 2 rings (SSSR count). The van der Waals surface area contributed by atoms with Gasteiger partial charge >= 0.3 is 5.76 Å². The number of fused-ring (bicyclic) bond motifs is 1. The SMILES string of the molecule is CC(C)CC(=O)NNC(=O)CCCn1c(=O)oc2cc([N+](=O)[O-])ccc21. The van der Waals surface area contributed by atoms with Crippen LogP contribution in [-0.2, 0) is 16.1 Å². The summed E-state index contributed by atoms with van der Waals surface area (Å²) >= 11 is 0. The molecular weight excluding hydrogens is 344 g/mol. The van der Waals surface area contributed by atoms with Gasteiger partial charge < -0.3 is 4.42 Å². The molecule has 0 radical (unpaired) electrons. The summed E-state index contributed by atoms with van der Waals surface area (Å²) < 4.78 is 6.32. The highest BCUT2D eigenvalue weighted by atomic mass is 16.6. The van der Waals surface area contributed by atoms with Crippen molar-refractivity contribution >= 4 is 28.6 Å². The number of hydrogen-bond acceptors (Lipinski definition) is 6. The fraction of sp³-hybridized carbons (Fsp3) is 0.438. The van der Waals surface area contributed by atoms with Crippen molar-refractivity contribution in [2.75, 3.05) is 0 Å². The van der Waals surface area contributed by atoms with E-state index in [1.54, 1.807) is 0 Å². The molecule has 0 aliphatic carbocycles. The van der Waals surface area contributed by atoms with Gasteiger partial charge in [0.2, 0.25) is 11.8 Å². The van der Waals surface area contributed by atoms with Crippen LogP contribution in [0.25, 0.3) is 11.1 Å². The van der Waals surface area contributed by atoms with Gasteiger partial charge in [-0.05, 0) is 18.4 Å². The molecule has 1 heterocycles. The zero-order chi connectivity index (χ0) is 19.3. The van der Waals surface area contributed by atoms with Gasteiger partial charge in [-0.1, -0.05) is 13.8 Å². The van der Waals surface area contributed by atoms with Crippen molar-refractivity contribution in [1.82, 2.24) is 15.4 Å². The summed E-state index contributed by atoms with van der Waals surface area (Å²) in [6, 6.07) is 3.90. The van der Waals surface area contributed by atoms with E-state index < -0.39 is 10.7 Å². The summed E-state index contributed by atoms with van der Waals surface area (Å²) in [6.45, 7) is 3.99. The Hall–Kier alpha value is -3.17. The first-order valence-corrected chi connectivity index (χ1v) is 8.13. The molecule has 1 aromatic heterocycles. The molecule has 0 aliphatic rings. The van der Waals surface area contributed by atoms with Crippen LogP contribution in [0.15, 0.2) is 27.4 Å². The largest absolute Gasteiger partial charge is 0.419 e. The van der Waals surface area contributed by atoms with E-state index in [1.165, 1.54) is 22.8 Å². The van der Waals surface area contributed by atoms with Crippen LogP contribution < -0.4 is 16.6 Å². The number of hydrogen-bond donors (Lipinski definition) is 2. The molecule has 0 fully saturated rings. The van der Waals surface area contributed by atoms with E-state index in [-0.39, 0.29) is 42.0 Å². The molecule has 0 saturated heterocycles. The topological polar surface area (TPSA) is 136 Å². The first-order valence-electron chi connectivity index (χ1n) is 8.13. The molecule has 0 atom stereocenters. The van der Waals surface area contributed by atoms with Crippen molar-refractivity contribution in [1.29, 1.82) is 0 Å². The highest BCUT2D eigenvalue weighted by Crippen LogP contribution is 2.20. The van der Waals surface area contributed by atoms with E-state index in [0.29, 0.717) is 18.4 Å². The molecule has 140 valence electrons. The minimum atomic E-state index is -0.647. The number of nitro groups is 1. The third-order valence-electron chi connectivity index (χ3n) is 3.58. The number of aromatic nitrogens is 1. The van der Waals surface area contributed by atoms with E-state index in [0.717, 1.165) is 0 Å². The van der Waals surface area contributed by atoms with Crippen LogP contribution in [0.5, 0.6) is 0 Å². The number of hydrazine groups is 1. The van der Waals surface area contributed by atoms with Crippen molar-refractivity contribution in [3.8, 4) is 0 Å². The number of nitro benzene ring substituents is 1. The van der Waals surface area contributed by atoms with Crippen molar-refractivity contribution < 1.29 is 18.9 Å². The molecule has 2 amide bonds. The Kier molecular flexibility index (Phi) is 6.10. The Morgan fingerprint density at radius 1 is 1.27 bits per heavy atom. The Balaban J connectivity index is 1.90. The van der Waals surface area contributed by atoms with Crippen LogP contribution >= 0.6 is 0 Å². The van der Waals surface area contributed by atoms with E-state index in [4.69, 9.17) is 4.42 Å². The summed E-state index contributed by atoms with van der Waals surface area (Å²) in [5.41, 5.74) is 5.01. The lowest BCUT2D eigenvalue weighted by Gasteiger charge is -2.08. The zero-order valence-corrected chi connectivity index (χ0v) is 14.5. The lowest BCUT2D eigenvalue weighted by atomic mass is 10.1. The Bertz CT molecular complexity index is 882. The molecule has 0 unspecified atom stereocenters. The Labute approximate surface area is 148 Å². The van der Waals surface area contributed by atoms with Crippen LogP contribution in [0, 0.1) is 16.0 Å². The highest BCUT2D eigenvalue weighted by Gasteiger charge is 2.14. The van der Waals surface area contributed by atoms with E-state index in [9.17, 15) is 24.5 Å². The van der Waals surface area contributed by atoms with Gasteiger partial charge in [-0.25, -0.2) is 4.79 Å². The molecular formula is C16H20N4O6. The van der Waals surface area contributed by atoms with Gasteiger partial charge in [-0.3, -0.25) is 35.1 Å². The smallest absolute Gasteiger partial charge is 0.407 e. The number of carbonyl (C=O) groups is 2. The number of benzene rings is 1. The number of carbonyl (C=O) groups excluding carboxylic acids is 2. The Morgan fingerprint density at radius 3 is 2.62 bits per heavy atom. The molecule has 0 aliphatic heterocycles. The number of nitrogens with one attached hydrogen (secondary N) is 2. The maximum Gasteiger partial charge on any atom is 0.419 e. The first kappa shape index (κ1) is 19.2. The van der Waals surface area contributed by atoms with Crippen molar-refractivity contribution in [2.24, 2.45) is 5.92 Å². The summed E-state index contributed by atoms with van der Waals surface area (Å²) in [5.74, 6) is -1.11. The molecule has 10 nitrogen and oxygen atoms in total. The number of amides is 2. The van der Waals surface area contributed by atoms with Crippen LogP contribution in [0.4, 0.5) is 5.69 Å². The van der Waals surface area contributed by atoms with Crippen LogP contribution in [-0.4, -0.2) is 21.3 Å². The minimum Gasteiger partial charge on any atom is -0.407 e. The second-order valence-electron chi connectivity index (χ2n) is 6.23. The van der Waals surface area contributed by atoms with E-state index >= 15 is 0 Å². The van der Waals surface area contributed by atoms with E-state index in [1.807, 2.05) is 13.8 Å². The molecule has 2 N–H and O–H groups in total. The average molecular weight is 364 g/mol. The van der Waals surface area contributed by atoms with Crippen LogP contribution in [0.1, 0.15) is 33.1 Å². The van der Waals surface area contributed by atoms with Crippen molar-refractivity contribution in [3.05, 3.63) is 38.9 Å². The third-order valence-corrected chi connectivity index (χ3v) is 3.58. The molecule has 0 spiro atoms. The van der Waals surface area contributed by atoms with Crippen molar-refractivity contribution in [2.45, 2.75) is 39.7 Å². The van der Waals surface area contributed by atoms with Gasteiger partial charge in [0.25, 0.3) is 5.69 Å². The number of oxazole rings is 1. The third kappa shape index (κ3) is 4.91. The second-order valence-corrected chi connectivity index (χ2v) is 6.23. The molecule has 2 aromatic rings. The average Bonchev–Trinajstić information content (AvgIpc) is 2.87. The van der Waals surface area contributed by atoms with Gasteiger partial charge in [0, 0.05) is 25.5 Å². The standard InChI is InChI=1S/C16H20N4O6/c1-10(2)8-15(22)18-17-14(21)4-3-7-19-12-6-5-11(20(24)25)9-13(12)26-16(19)23/h5-6,9-10H,3-4,7-8H2,1-2H3,(H,17,21)(H,18,22). The fourth-order valence-corrected chi connectivity index (χ4v) is 2.40. The molecule has 10 heteroatoms. The van der Waals surface area contributed by atoms with Crippen molar-refractivity contribution in [3.63, 3.8) is 0 Å². The first-order chi connectivity index (χ1) is 12.3. The molecule has 26 heavy (non-hydrogen) atoms. The van der Waals surface area contributed by atoms with Crippen LogP contribution in [0.2, 0.25) is 0 Å². The van der Waals surface area contributed by atoms with Gasteiger partial charge in [-0.2, -0.15) is 0 Å². The Morgan fingerprint density at radius 2 is 1.96 bits per heavy atom. The maximum absolute atomic E-state index is 11.9. The summed E-state index contributed by atoms with van der Waals surface area (Å²) in [6.07, 6.45) is 0.730. The predicted octanol–water partition coefficient (Wildman–Crippen LogP) is 1.48. The fourth-order valence-electron chi connectivity index (χ4n) is 2.40. The summed E-state index contributed by atoms with van der Waals surface area (Å²) in [5, 5.41) is 10.8. The molecule has 1 aromatic carbocycles. The molecule has 0 bridgehead atoms. The molecule has 0 saturated carbocycles. The lowest BCUT2D eigenvalue weighted by Crippen LogP contribution is -2.42. The predicted molar refractivity (Wildman–Crippen MR) is 92.1 cm³/mol. The summed E-state index contributed by atoms with van der Waals surface area (Å²) in [7, 11) is 0. The van der Waals surface area contributed by atoms with Gasteiger partial charge in [0.1, 0.15) is 0 Å². The minimum absolute atomic E-state index is 0.0913. The normalized spacial score (nSPS) is 10.9. The monoisotopic (exact) mass is 364 g/mol. The number of non-ortho nitro benzene ring substituents is 1. The number of nitrogens with zero attached hydrogens (tertiary/aromatic N) is 2.